The summed E-state index contributed by atoms with van der Waals surface area (Å²) in [6, 6.07) is 0.258. The first-order chi connectivity index (χ1) is 9.89. The number of carbonyl (C=O) groups is 1. The Morgan fingerprint density at radius 3 is 2.05 bits per heavy atom. The van der Waals surface area contributed by atoms with Gasteiger partial charge in [-0.25, -0.2) is 0 Å². The number of carbonyl (C=O) groups excluding carboxylic acids is 1. The number of rotatable bonds is 12. The molecule has 1 atom stereocenters. The fraction of sp³-hybridized carbons (Fsp3) is 0.941. The lowest BCUT2D eigenvalue weighted by Crippen LogP contribution is -2.54. The van der Waals surface area contributed by atoms with Crippen LogP contribution in [0.15, 0.2) is 0 Å². The average Bonchev–Trinajstić information content (AvgIpc) is 2.44. The van der Waals surface area contributed by atoms with Gasteiger partial charge in [0.1, 0.15) is 5.54 Å². The molecule has 0 aromatic heterocycles. The average molecular weight is 300 g/mol. The molecular formula is C17H36N2O2. The van der Waals surface area contributed by atoms with Gasteiger partial charge in [0.05, 0.1) is 7.11 Å². The van der Waals surface area contributed by atoms with E-state index in [1.54, 1.807) is 0 Å². The zero-order valence-corrected chi connectivity index (χ0v) is 15.0. The molecule has 4 nitrogen and oxygen atoms in total. The monoisotopic (exact) mass is 300 g/mol. The summed E-state index contributed by atoms with van der Waals surface area (Å²) < 4.78 is 4.99. The van der Waals surface area contributed by atoms with Gasteiger partial charge in [-0.2, -0.15) is 0 Å². The van der Waals surface area contributed by atoms with Crippen molar-refractivity contribution in [1.29, 1.82) is 0 Å². The standard InChI is InChI=1S/C17H36N2O2/c1-7-9-12-19(13-10-8-2)14-11-17(5,16(20)21-6)18-15(3)4/h15,18H,7-14H2,1-6H3. The number of esters is 1. The Morgan fingerprint density at radius 2 is 1.67 bits per heavy atom. The molecule has 4 heteroatoms. The molecule has 0 rings (SSSR count). The first-order valence-corrected chi connectivity index (χ1v) is 8.48. The van der Waals surface area contributed by atoms with Crippen LogP contribution in [0.25, 0.3) is 0 Å². The second kappa shape index (κ2) is 11.0. The summed E-state index contributed by atoms with van der Waals surface area (Å²) in [5.74, 6) is -0.165. The Kier molecular flexibility index (Phi) is 10.7. The van der Waals surface area contributed by atoms with Crippen molar-refractivity contribution in [2.75, 3.05) is 26.7 Å². The van der Waals surface area contributed by atoms with Gasteiger partial charge in [0, 0.05) is 12.6 Å². The molecule has 0 heterocycles. The van der Waals surface area contributed by atoms with E-state index in [1.807, 2.05) is 6.92 Å². The number of unbranched alkanes of at least 4 members (excludes halogenated alkanes) is 2. The topological polar surface area (TPSA) is 41.6 Å². The Hall–Kier alpha value is -0.610. The number of ether oxygens (including phenoxy) is 1. The van der Waals surface area contributed by atoms with E-state index >= 15 is 0 Å². The zero-order valence-electron chi connectivity index (χ0n) is 15.0. The Morgan fingerprint density at radius 1 is 1.14 bits per heavy atom. The van der Waals surface area contributed by atoms with Gasteiger partial charge in [0.2, 0.25) is 0 Å². The molecule has 126 valence electrons. The zero-order chi connectivity index (χ0) is 16.3. The predicted octanol–water partition coefficient (Wildman–Crippen LogP) is 3.21. The molecule has 1 N–H and O–H groups in total. The van der Waals surface area contributed by atoms with Crippen LogP contribution in [0.5, 0.6) is 0 Å². The van der Waals surface area contributed by atoms with Crippen molar-refractivity contribution in [3.8, 4) is 0 Å². The summed E-state index contributed by atoms with van der Waals surface area (Å²) in [5, 5.41) is 3.37. The highest BCUT2D eigenvalue weighted by atomic mass is 16.5. The van der Waals surface area contributed by atoms with E-state index < -0.39 is 5.54 Å². The quantitative estimate of drug-likeness (QED) is 0.562. The minimum Gasteiger partial charge on any atom is -0.468 e. The summed E-state index contributed by atoms with van der Waals surface area (Å²) in [6.07, 6.45) is 5.64. The molecular weight excluding hydrogens is 264 g/mol. The molecule has 0 aromatic carbocycles. The van der Waals surface area contributed by atoms with Gasteiger partial charge in [-0.1, -0.05) is 26.7 Å². The Balaban J connectivity index is 4.61. The number of nitrogens with zero attached hydrogens (tertiary/aromatic N) is 1. The number of nitrogens with one attached hydrogen (secondary N) is 1. The number of methoxy groups -OCH3 is 1. The summed E-state index contributed by atoms with van der Waals surface area (Å²) in [6.45, 7) is 13.7. The van der Waals surface area contributed by atoms with Gasteiger partial charge in [-0.05, 0) is 53.1 Å². The molecule has 0 bridgehead atoms. The van der Waals surface area contributed by atoms with Gasteiger partial charge in [0.25, 0.3) is 0 Å². The lowest BCUT2D eigenvalue weighted by molar-refractivity contribution is -0.148. The highest BCUT2D eigenvalue weighted by molar-refractivity contribution is 5.80. The van der Waals surface area contributed by atoms with Crippen molar-refractivity contribution in [2.24, 2.45) is 0 Å². The maximum Gasteiger partial charge on any atom is 0.325 e. The van der Waals surface area contributed by atoms with E-state index in [2.05, 4.69) is 37.9 Å². The summed E-state index contributed by atoms with van der Waals surface area (Å²) in [7, 11) is 1.47. The highest BCUT2D eigenvalue weighted by Crippen LogP contribution is 2.15. The van der Waals surface area contributed by atoms with Crippen LogP contribution in [0.1, 0.15) is 66.7 Å². The van der Waals surface area contributed by atoms with Crippen LogP contribution >= 0.6 is 0 Å². The Bertz CT molecular complexity index is 274. The van der Waals surface area contributed by atoms with Crippen LogP contribution in [-0.4, -0.2) is 49.2 Å². The second-order valence-corrected chi connectivity index (χ2v) is 6.42. The van der Waals surface area contributed by atoms with Crippen molar-refractivity contribution in [1.82, 2.24) is 10.2 Å². The third kappa shape index (κ3) is 8.42. The molecule has 0 aliphatic rings. The largest absolute Gasteiger partial charge is 0.468 e. The van der Waals surface area contributed by atoms with Crippen LogP contribution < -0.4 is 5.32 Å². The van der Waals surface area contributed by atoms with Crippen molar-refractivity contribution < 1.29 is 9.53 Å². The fourth-order valence-corrected chi connectivity index (χ4v) is 2.58. The maximum absolute atomic E-state index is 12.1. The normalized spacial score (nSPS) is 14.5. The highest BCUT2D eigenvalue weighted by Gasteiger charge is 2.34. The minimum absolute atomic E-state index is 0.165. The number of hydrogen-bond donors (Lipinski definition) is 1. The molecule has 0 fully saturated rings. The van der Waals surface area contributed by atoms with Crippen molar-refractivity contribution in [3.63, 3.8) is 0 Å². The SMILES string of the molecule is CCCCN(CCCC)CCC(C)(NC(C)C)C(=O)OC. The fourth-order valence-electron chi connectivity index (χ4n) is 2.58. The molecule has 0 radical (unpaired) electrons. The van der Waals surface area contributed by atoms with E-state index in [9.17, 15) is 4.79 Å². The molecule has 0 aliphatic heterocycles. The van der Waals surface area contributed by atoms with E-state index in [-0.39, 0.29) is 12.0 Å². The maximum atomic E-state index is 12.1. The van der Waals surface area contributed by atoms with E-state index in [1.165, 1.54) is 32.8 Å². The van der Waals surface area contributed by atoms with E-state index in [0.29, 0.717) is 0 Å². The molecule has 0 aromatic rings. The molecule has 0 spiro atoms. The van der Waals surface area contributed by atoms with Gasteiger partial charge in [-0.3, -0.25) is 10.1 Å². The third-order valence-corrected chi connectivity index (χ3v) is 3.83. The number of hydrogen-bond acceptors (Lipinski definition) is 4. The second-order valence-electron chi connectivity index (χ2n) is 6.42. The first-order valence-electron chi connectivity index (χ1n) is 8.48. The van der Waals surface area contributed by atoms with E-state index in [0.717, 1.165) is 26.1 Å². The third-order valence-electron chi connectivity index (χ3n) is 3.83. The summed E-state index contributed by atoms with van der Waals surface area (Å²) in [5.41, 5.74) is -0.598. The van der Waals surface area contributed by atoms with Crippen molar-refractivity contribution in [3.05, 3.63) is 0 Å². The smallest absolute Gasteiger partial charge is 0.325 e. The molecule has 0 amide bonds. The molecule has 0 saturated carbocycles. The van der Waals surface area contributed by atoms with Gasteiger partial charge in [-0.15, -0.1) is 0 Å². The molecule has 1 unspecified atom stereocenters. The van der Waals surface area contributed by atoms with Crippen LogP contribution in [-0.2, 0) is 9.53 Å². The van der Waals surface area contributed by atoms with Crippen LogP contribution in [0.4, 0.5) is 0 Å². The van der Waals surface area contributed by atoms with Gasteiger partial charge >= 0.3 is 5.97 Å². The predicted molar refractivity (Wildman–Crippen MR) is 89.6 cm³/mol. The van der Waals surface area contributed by atoms with Crippen molar-refractivity contribution in [2.45, 2.75) is 78.3 Å². The van der Waals surface area contributed by atoms with Gasteiger partial charge < -0.3 is 9.64 Å². The van der Waals surface area contributed by atoms with Crippen LogP contribution in [0.2, 0.25) is 0 Å². The minimum atomic E-state index is -0.598. The lowest BCUT2D eigenvalue weighted by atomic mass is 9.96. The Labute approximate surface area is 131 Å². The van der Waals surface area contributed by atoms with Gasteiger partial charge in [0.15, 0.2) is 0 Å². The van der Waals surface area contributed by atoms with Crippen LogP contribution in [0, 0.1) is 0 Å². The molecule has 0 aliphatic carbocycles. The molecule has 21 heavy (non-hydrogen) atoms. The summed E-state index contributed by atoms with van der Waals surface area (Å²) in [4.78, 5) is 14.6. The van der Waals surface area contributed by atoms with Crippen molar-refractivity contribution >= 4 is 5.97 Å². The first kappa shape index (κ1) is 20.4. The van der Waals surface area contributed by atoms with Crippen LogP contribution in [0.3, 0.4) is 0 Å². The summed E-state index contributed by atoms with van der Waals surface area (Å²) >= 11 is 0. The van der Waals surface area contributed by atoms with E-state index in [4.69, 9.17) is 4.74 Å². The molecule has 0 saturated heterocycles. The lowest BCUT2D eigenvalue weighted by Gasteiger charge is -2.33.